The maximum absolute atomic E-state index is 13.1. The molecule has 0 radical (unpaired) electrons. The average molecular weight is 439 g/mol. The van der Waals surface area contributed by atoms with E-state index in [0.29, 0.717) is 11.3 Å². The first kappa shape index (κ1) is 20.5. The number of nitrogens with one attached hydrogen (secondary N) is 1. The Morgan fingerprint density at radius 1 is 1.07 bits per heavy atom. The summed E-state index contributed by atoms with van der Waals surface area (Å²) >= 11 is 1.09. The van der Waals surface area contributed by atoms with Gasteiger partial charge in [-0.1, -0.05) is 12.1 Å². The molecule has 0 bridgehead atoms. The molecule has 0 amide bonds. The van der Waals surface area contributed by atoms with Crippen LogP contribution in [0.4, 0.5) is 0 Å². The van der Waals surface area contributed by atoms with E-state index in [1.165, 1.54) is 49.8 Å². The van der Waals surface area contributed by atoms with E-state index in [4.69, 9.17) is 4.74 Å². The van der Waals surface area contributed by atoms with Crippen LogP contribution in [-0.4, -0.2) is 35.5 Å². The molecule has 2 heterocycles. The number of ether oxygens (including phenoxy) is 1. The summed E-state index contributed by atoms with van der Waals surface area (Å²) in [5, 5.41) is 0.558. The number of hydrogen-bond acceptors (Lipinski definition) is 7. The molecule has 28 heavy (non-hydrogen) atoms. The van der Waals surface area contributed by atoms with Gasteiger partial charge in [0, 0.05) is 18.9 Å². The Morgan fingerprint density at radius 2 is 1.82 bits per heavy atom. The lowest BCUT2D eigenvalue weighted by molar-refractivity contribution is 0.414. The summed E-state index contributed by atoms with van der Waals surface area (Å²) in [6.07, 6.45) is 2.96. The zero-order chi connectivity index (χ0) is 20.2. The number of sulfone groups is 1. The van der Waals surface area contributed by atoms with Gasteiger partial charge in [0.1, 0.15) is 15.2 Å². The van der Waals surface area contributed by atoms with Gasteiger partial charge in [0.05, 0.1) is 12.0 Å². The van der Waals surface area contributed by atoms with Gasteiger partial charge in [-0.05, 0) is 47.3 Å². The minimum absolute atomic E-state index is 0.0201. The standard InChI is InChI=1S/C18H18N2O5S3/c1-25-15-6-8-16(9-7-15)28(23,24)20-13-17(14-4-2-10-19-12-14)27(21,22)18-5-3-11-26-18/h2-12,17,20H,13H2,1H3/t17-/m0/s1. The second-order valence-corrected chi connectivity index (χ2v) is 10.9. The third-order valence-electron chi connectivity index (χ3n) is 4.03. The molecule has 2 aromatic heterocycles. The summed E-state index contributed by atoms with van der Waals surface area (Å²) in [6, 6.07) is 12.2. The Kier molecular flexibility index (Phi) is 6.14. The van der Waals surface area contributed by atoms with Crippen LogP contribution in [0.1, 0.15) is 10.8 Å². The quantitative estimate of drug-likeness (QED) is 0.580. The van der Waals surface area contributed by atoms with Crippen molar-refractivity contribution in [3.05, 3.63) is 71.9 Å². The number of pyridine rings is 1. The maximum atomic E-state index is 13.1. The van der Waals surface area contributed by atoms with E-state index in [9.17, 15) is 16.8 Å². The first-order valence-corrected chi connectivity index (χ1v) is 12.1. The van der Waals surface area contributed by atoms with Gasteiger partial charge in [-0.3, -0.25) is 4.98 Å². The van der Waals surface area contributed by atoms with Crippen molar-refractivity contribution in [2.75, 3.05) is 13.7 Å². The Morgan fingerprint density at radius 3 is 2.39 bits per heavy atom. The van der Waals surface area contributed by atoms with Gasteiger partial charge >= 0.3 is 0 Å². The summed E-state index contributed by atoms with van der Waals surface area (Å²) < 4.78 is 59.0. The number of rotatable bonds is 8. The predicted molar refractivity (Wildman–Crippen MR) is 107 cm³/mol. The lowest BCUT2D eigenvalue weighted by Gasteiger charge is -2.18. The Balaban J connectivity index is 1.90. The van der Waals surface area contributed by atoms with E-state index in [2.05, 4.69) is 9.71 Å². The zero-order valence-electron chi connectivity index (χ0n) is 14.8. The predicted octanol–water partition coefficient (Wildman–Crippen LogP) is 2.65. The number of hydrogen-bond donors (Lipinski definition) is 1. The van der Waals surface area contributed by atoms with E-state index < -0.39 is 25.1 Å². The first-order chi connectivity index (χ1) is 13.3. The molecule has 10 heteroatoms. The summed E-state index contributed by atoms with van der Waals surface area (Å²) in [4.78, 5) is 3.99. The number of methoxy groups -OCH3 is 1. The molecule has 3 rings (SSSR count). The molecule has 0 unspecified atom stereocenters. The van der Waals surface area contributed by atoms with Gasteiger partial charge in [0.15, 0.2) is 9.84 Å². The number of sulfonamides is 1. The molecule has 0 saturated heterocycles. The molecular formula is C18H18N2O5S3. The maximum Gasteiger partial charge on any atom is 0.240 e. The molecule has 1 aromatic carbocycles. The highest BCUT2D eigenvalue weighted by Crippen LogP contribution is 2.31. The molecule has 7 nitrogen and oxygen atoms in total. The fourth-order valence-corrected chi connectivity index (χ4v) is 6.56. The minimum atomic E-state index is -3.90. The molecule has 0 fully saturated rings. The average Bonchev–Trinajstić information content (AvgIpc) is 3.24. The summed E-state index contributed by atoms with van der Waals surface area (Å²) in [5.41, 5.74) is 0.410. The number of benzene rings is 1. The van der Waals surface area contributed by atoms with Crippen LogP contribution >= 0.6 is 11.3 Å². The van der Waals surface area contributed by atoms with Crippen molar-refractivity contribution in [3.8, 4) is 5.75 Å². The van der Waals surface area contributed by atoms with Crippen molar-refractivity contribution in [2.45, 2.75) is 14.4 Å². The van der Waals surface area contributed by atoms with Crippen LogP contribution in [0.2, 0.25) is 0 Å². The highest BCUT2D eigenvalue weighted by atomic mass is 32.2. The van der Waals surface area contributed by atoms with E-state index >= 15 is 0 Å². The molecule has 0 aliphatic carbocycles. The third kappa shape index (κ3) is 4.41. The van der Waals surface area contributed by atoms with Crippen molar-refractivity contribution in [2.24, 2.45) is 0 Å². The van der Waals surface area contributed by atoms with Crippen LogP contribution in [0.5, 0.6) is 5.75 Å². The molecule has 0 aliphatic rings. The summed E-state index contributed by atoms with van der Waals surface area (Å²) in [7, 11) is -6.22. The second-order valence-electron chi connectivity index (χ2n) is 5.78. The highest BCUT2D eigenvalue weighted by molar-refractivity contribution is 7.93. The van der Waals surface area contributed by atoms with Crippen molar-refractivity contribution in [1.29, 1.82) is 0 Å². The first-order valence-electron chi connectivity index (χ1n) is 8.15. The summed E-state index contributed by atoms with van der Waals surface area (Å²) in [5.74, 6) is 0.521. The van der Waals surface area contributed by atoms with E-state index in [1.54, 1.807) is 23.6 Å². The van der Waals surface area contributed by atoms with Crippen LogP contribution in [0.3, 0.4) is 0 Å². The zero-order valence-corrected chi connectivity index (χ0v) is 17.3. The highest BCUT2D eigenvalue weighted by Gasteiger charge is 2.31. The fourth-order valence-electron chi connectivity index (χ4n) is 2.56. The molecule has 0 spiro atoms. The lowest BCUT2D eigenvalue weighted by atomic mass is 10.2. The van der Waals surface area contributed by atoms with Gasteiger partial charge in [-0.15, -0.1) is 11.3 Å². The smallest absolute Gasteiger partial charge is 0.240 e. The molecular weight excluding hydrogens is 420 g/mol. The number of aromatic nitrogens is 1. The van der Waals surface area contributed by atoms with Gasteiger partial charge in [-0.25, -0.2) is 21.6 Å². The minimum Gasteiger partial charge on any atom is -0.497 e. The lowest BCUT2D eigenvalue weighted by Crippen LogP contribution is -2.31. The molecule has 0 saturated carbocycles. The molecule has 1 N–H and O–H groups in total. The normalized spacial score (nSPS) is 13.2. The van der Waals surface area contributed by atoms with Crippen LogP contribution in [0, 0.1) is 0 Å². The van der Waals surface area contributed by atoms with Crippen LogP contribution in [-0.2, 0) is 19.9 Å². The van der Waals surface area contributed by atoms with Gasteiger partial charge in [-0.2, -0.15) is 0 Å². The van der Waals surface area contributed by atoms with E-state index in [0.717, 1.165) is 11.3 Å². The SMILES string of the molecule is COc1ccc(S(=O)(=O)NC[C@@H](c2cccnc2)S(=O)(=O)c2cccs2)cc1. The van der Waals surface area contributed by atoms with Gasteiger partial charge < -0.3 is 4.74 Å². The van der Waals surface area contributed by atoms with Crippen LogP contribution in [0.15, 0.2) is 75.4 Å². The molecule has 3 aromatic rings. The van der Waals surface area contributed by atoms with E-state index in [-0.39, 0.29) is 15.6 Å². The topological polar surface area (TPSA) is 102 Å². The Hall–Kier alpha value is -2.27. The number of nitrogens with zero attached hydrogens (tertiary/aromatic N) is 1. The Labute approximate surface area is 168 Å². The van der Waals surface area contributed by atoms with Crippen molar-refractivity contribution >= 4 is 31.2 Å². The van der Waals surface area contributed by atoms with Gasteiger partial charge in [0.25, 0.3) is 0 Å². The largest absolute Gasteiger partial charge is 0.497 e. The fraction of sp³-hybridized carbons (Fsp3) is 0.167. The van der Waals surface area contributed by atoms with Crippen LogP contribution in [0.25, 0.3) is 0 Å². The van der Waals surface area contributed by atoms with Crippen molar-refractivity contribution < 1.29 is 21.6 Å². The molecule has 1 atom stereocenters. The summed E-state index contributed by atoms with van der Waals surface area (Å²) in [6.45, 7) is -0.319. The Bertz CT molecular complexity index is 1110. The second kappa shape index (κ2) is 8.39. The molecule has 0 aliphatic heterocycles. The van der Waals surface area contributed by atoms with Crippen LogP contribution < -0.4 is 9.46 Å². The van der Waals surface area contributed by atoms with E-state index in [1.807, 2.05) is 0 Å². The van der Waals surface area contributed by atoms with Crippen molar-refractivity contribution in [1.82, 2.24) is 9.71 Å². The van der Waals surface area contributed by atoms with Crippen molar-refractivity contribution in [3.63, 3.8) is 0 Å². The van der Waals surface area contributed by atoms with Gasteiger partial charge in [0.2, 0.25) is 10.0 Å². The third-order valence-corrected chi connectivity index (χ3v) is 9.01. The monoisotopic (exact) mass is 438 g/mol. The number of thiophene rings is 1. The molecule has 148 valence electrons.